The van der Waals surface area contributed by atoms with Crippen molar-refractivity contribution in [3.8, 4) is 5.88 Å². The van der Waals surface area contributed by atoms with Gasteiger partial charge >= 0.3 is 5.97 Å². The van der Waals surface area contributed by atoms with Crippen LogP contribution >= 0.6 is 0 Å². The number of esters is 1. The van der Waals surface area contributed by atoms with Gasteiger partial charge in [0.2, 0.25) is 11.7 Å². The number of carbonyl (C=O) groups is 1. The van der Waals surface area contributed by atoms with E-state index in [1.807, 2.05) is 6.20 Å². The van der Waals surface area contributed by atoms with Crippen molar-refractivity contribution < 1.29 is 19.0 Å². The molecule has 132 valence electrons. The average Bonchev–Trinajstić information content (AvgIpc) is 3.19. The normalized spacial score (nSPS) is 30.8. The van der Waals surface area contributed by atoms with Gasteiger partial charge in [-0.1, -0.05) is 0 Å². The average molecular weight is 343 g/mol. The van der Waals surface area contributed by atoms with Gasteiger partial charge in [0, 0.05) is 17.8 Å². The lowest BCUT2D eigenvalue weighted by molar-refractivity contribution is 0.0154. The second-order valence-corrected chi connectivity index (χ2v) is 7.83. The van der Waals surface area contributed by atoms with Crippen molar-refractivity contribution >= 4 is 11.7 Å². The lowest BCUT2D eigenvalue weighted by atomic mass is 9.62. The van der Waals surface area contributed by atoms with Crippen LogP contribution in [0.5, 0.6) is 5.88 Å². The van der Waals surface area contributed by atoms with Crippen LogP contribution in [-0.4, -0.2) is 45.8 Å². The molecule has 0 amide bonds. The maximum Gasteiger partial charge on any atom is 0.344 e. The van der Waals surface area contributed by atoms with Crippen LogP contribution in [0.3, 0.4) is 0 Å². The molecule has 2 aliphatic carbocycles. The van der Waals surface area contributed by atoms with Gasteiger partial charge in [-0.15, -0.1) is 0 Å². The molecule has 2 aliphatic heterocycles. The molecule has 2 saturated heterocycles. The molecule has 4 aliphatic rings. The van der Waals surface area contributed by atoms with Crippen LogP contribution in [0.25, 0.3) is 5.78 Å². The number of methoxy groups -OCH3 is 1. The van der Waals surface area contributed by atoms with Gasteiger partial charge in [0.05, 0.1) is 25.0 Å². The number of hydrogen-bond acceptors (Lipinski definition) is 6. The molecule has 2 aromatic heterocycles. The summed E-state index contributed by atoms with van der Waals surface area (Å²) in [6.07, 6.45) is 8.90. The molecule has 0 radical (unpaired) electrons. The Morgan fingerprint density at radius 1 is 1.32 bits per heavy atom. The first kappa shape index (κ1) is 15.1. The van der Waals surface area contributed by atoms with E-state index in [2.05, 4.69) is 11.9 Å². The minimum Gasteiger partial charge on any atom is -0.474 e. The van der Waals surface area contributed by atoms with E-state index < -0.39 is 5.97 Å². The van der Waals surface area contributed by atoms with Gasteiger partial charge in [-0.05, 0) is 39.0 Å². The Kier molecular flexibility index (Phi) is 2.99. The van der Waals surface area contributed by atoms with Gasteiger partial charge in [-0.3, -0.25) is 4.40 Å². The number of aromatic nitrogens is 3. The SMILES string of the molecule is COC(=O)c1cn2cc(C34COC(C)(C3)C4)nc2nc1OC1CCC1. The zero-order valence-electron chi connectivity index (χ0n) is 14.4. The third kappa shape index (κ3) is 2.18. The fourth-order valence-electron chi connectivity index (χ4n) is 4.30. The van der Waals surface area contributed by atoms with Crippen molar-refractivity contribution in [1.82, 2.24) is 14.4 Å². The largest absolute Gasteiger partial charge is 0.474 e. The number of nitrogens with zero attached hydrogens (tertiary/aromatic N) is 3. The van der Waals surface area contributed by atoms with Gasteiger partial charge in [-0.25, -0.2) is 9.78 Å². The van der Waals surface area contributed by atoms with Crippen molar-refractivity contribution in [2.75, 3.05) is 13.7 Å². The fraction of sp³-hybridized carbons (Fsp3) is 0.611. The summed E-state index contributed by atoms with van der Waals surface area (Å²) in [6.45, 7) is 2.84. The summed E-state index contributed by atoms with van der Waals surface area (Å²) in [5.41, 5.74) is 1.30. The second kappa shape index (κ2) is 4.94. The minimum atomic E-state index is -0.447. The molecule has 0 spiro atoms. The highest BCUT2D eigenvalue weighted by atomic mass is 16.5. The zero-order chi connectivity index (χ0) is 17.2. The Labute approximate surface area is 145 Å². The molecule has 6 rings (SSSR count). The monoisotopic (exact) mass is 343 g/mol. The van der Waals surface area contributed by atoms with Gasteiger partial charge in [0.1, 0.15) is 11.7 Å². The molecule has 7 nitrogen and oxygen atoms in total. The molecule has 0 atom stereocenters. The molecular formula is C18H21N3O4. The number of imidazole rings is 1. The van der Waals surface area contributed by atoms with E-state index in [1.165, 1.54) is 7.11 Å². The number of hydrogen-bond donors (Lipinski definition) is 0. The van der Waals surface area contributed by atoms with Gasteiger partial charge < -0.3 is 14.2 Å². The van der Waals surface area contributed by atoms with Crippen molar-refractivity contribution in [2.45, 2.75) is 56.1 Å². The molecule has 2 bridgehead atoms. The van der Waals surface area contributed by atoms with E-state index in [1.54, 1.807) is 10.6 Å². The molecule has 7 heteroatoms. The smallest absolute Gasteiger partial charge is 0.344 e. The molecule has 4 fully saturated rings. The Hall–Kier alpha value is -2.15. The van der Waals surface area contributed by atoms with Crippen molar-refractivity contribution in [3.63, 3.8) is 0 Å². The third-order valence-corrected chi connectivity index (χ3v) is 5.81. The fourth-order valence-corrected chi connectivity index (χ4v) is 4.30. The molecule has 0 unspecified atom stereocenters. The third-order valence-electron chi connectivity index (χ3n) is 5.81. The topological polar surface area (TPSA) is 75.0 Å². The molecule has 0 N–H and O–H groups in total. The maximum atomic E-state index is 12.1. The Balaban J connectivity index is 1.55. The highest BCUT2D eigenvalue weighted by molar-refractivity contribution is 5.91. The summed E-state index contributed by atoms with van der Waals surface area (Å²) in [6, 6.07) is 0. The standard InChI is InChI=1S/C18H21N3O4/c1-17-8-18(9-17,10-24-17)13-7-21-6-12(15(22)23-2)14(20-16(21)19-13)25-11-4-3-5-11/h6-7,11H,3-5,8-10H2,1-2H3. The molecule has 25 heavy (non-hydrogen) atoms. The second-order valence-electron chi connectivity index (χ2n) is 7.83. The molecule has 2 saturated carbocycles. The molecule has 0 aromatic carbocycles. The Bertz CT molecular complexity index is 865. The first-order valence-corrected chi connectivity index (χ1v) is 8.80. The minimum absolute atomic E-state index is 0.00109. The van der Waals surface area contributed by atoms with E-state index in [0.29, 0.717) is 23.8 Å². The lowest BCUT2D eigenvalue weighted by Gasteiger charge is -2.41. The summed E-state index contributed by atoms with van der Waals surface area (Å²) >= 11 is 0. The first-order chi connectivity index (χ1) is 12.0. The number of ether oxygens (including phenoxy) is 3. The zero-order valence-corrected chi connectivity index (χ0v) is 14.4. The highest BCUT2D eigenvalue weighted by Crippen LogP contribution is 2.58. The van der Waals surface area contributed by atoms with Crippen LogP contribution in [0.2, 0.25) is 0 Å². The predicted molar refractivity (Wildman–Crippen MR) is 87.9 cm³/mol. The number of fused-ring (bicyclic) bond motifs is 2. The summed E-state index contributed by atoms with van der Waals surface area (Å²) in [5.74, 6) is 0.421. The summed E-state index contributed by atoms with van der Waals surface area (Å²) in [5, 5.41) is 0. The number of carbonyl (C=O) groups excluding carboxylic acids is 1. The molecule has 4 heterocycles. The Morgan fingerprint density at radius 3 is 2.72 bits per heavy atom. The van der Waals surface area contributed by atoms with E-state index in [0.717, 1.165) is 37.8 Å². The van der Waals surface area contributed by atoms with E-state index >= 15 is 0 Å². The van der Waals surface area contributed by atoms with Crippen molar-refractivity contribution in [1.29, 1.82) is 0 Å². The summed E-state index contributed by atoms with van der Waals surface area (Å²) in [4.78, 5) is 21.4. The van der Waals surface area contributed by atoms with Crippen LogP contribution in [0.15, 0.2) is 12.4 Å². The molecule has 2 aromatic rings. The maximum absolute atomic E-state index is 12.1. The van der Waals surface area contributed by atoms with Crippen LogP contribution in [0, 0.1) is 0 Å². The van der Waals surface area contributed by atoms with Crippen LogP contribution in [-0.2, 0) is 14.9 Å². The van der Waals surface area contributed by atoms with Gasteiger partial charge in [0.25, 0.3) is 0 Å². The van der Waals surface area contributed by atoms with Gasteiger partial charge in [0.15, 0.2) is 0 Å². The van der Waals surface area contributed by atoms with Crippen molar-refractivity contribution in [3.05, 3.63) is 23.7 Å². The number of rotatable bonds is 4. The highest BCUT2D eigenvalue weighted by Gasteiger charge is 2.61. The van der Waals surface area contributed by atoms with Crippen LogP contribution in [0.4, 0.5) is 0 Å². The first-order valence-electron chi connectivity index (χ1n) is 8.80. The predicted octanol–water partition coefficient (Wildman–Crippen LogP) is 2.27. The van der Waals surface area contributed by atoms with E-state index in [-0.39, 0.29) is 17.1 Å². The summed E-state index contributed by atoms with van der Waals surface area (Å²) < 4.78 is 18.5. The molecular weight excluding hydrogens is 322 g/mol. The van der Waals surface area contributed by atoms with Crippen molar-refractivity contribution in [2.24, 2.45) is 0 Å². The van der Waals surface area contributed by atoms with Crippen LogP contribution in [0.1, 0.15) is 55.1 Å². The van der Waals surface area contributed by atoms with Crippen LogP contribution < -0.4 is 4.74 Å². The van der Waals surface area contributed by atoms with Gasteiger partial charge in [-0.2, -0.15) is 4.98 Å². The quantitative estimate of drug-likeness (QED) is 0.793. The summed E-state index contributed by atoms with van der Waals surface area (Å²) in [7, 11) is 1.36. The van der Waals surface area contributed by atoms with E-state index in [9.17, 15) is 4.79 Å². The van der Waals surface area contributed by atoms with E-state index in [4.69, 9.17) is 19.2 Å². The Morgan fingerprint density at radius 2 is 2.12 bits per heavy atom. The lowest BCUT2D eigenvalue weighted by Crippen LogP contribution is -2.45.